The topological polar surface area (TPSA) is 55.9 Å². The van der Waals surface area contributed by atoms with Crippen LogP contribution in [0.4, 0.5) is 0 Å². The number of aromatic nitrogens is 2. The van der Waals surface area contributed by atoms with E-state index < -0.39 is 0 Å². The molecule has 0 saturated carbocycles. The number of hydrazine groups is 1. The van der Waals surface area contributed by atoms with E-state index in [0.29, 0.717) is 17.9 Å². The molecule has 4 nitrogen and oxygen atoms in total. The summed E-state index contributed by atoms with van der Waals surface area (Å²) in [4.78, 5) is 0. The zero-order valence-electron chi connectivity index (χ0n) is 10.1. The summed E-state index contributed by atoms with van der Waals surface area (Å²) < 4.78 is 1.82. The number of rotatable bonds is 5. The van der Waals surface area contributed by atoms with E-state index in [1.807, 2.05) is 24.1 Å². The molecule has 0 saturated heterocycles. The van der Waals surface area contributed by atoms with Crippen LogP contribution in [0.25, 0.3) is 0 Å². The maximum Gasteiger partial charge on any atom is 0.0522 e. The molecular weight excluding hydrogens is 188 g/mol. The molecule has 86 valence electrons. The van der Waals surface area contributed by atoms with Crippen molar-refractivity contribution in [1.82, 2.24) is 15.2 Å². The van der Waals surface area contributed by atoms with E-state index in [9.17, 15) is 0 Å². The maximum atomic E-state index is 5.59. The molecule has 2 atom stereocenters. The predicted molar refractivity (Wildman–Crippen MR) is 62.0 cm³/mol. The highest BCUT2D eigenvalue weighted by Gasteiger charge is 2.19. The van der Waals surface area contributed by atoms with E-state index in [-0.39, 0.29) is 0 Å². The number of aryl methyl sites for hydroxylation is 1. The molecule has 1 heterocycles. The normalized spacial score (nSPS) is 15.6. The smallest absolute Gasteiger partial charge is 0.0522 e. The Hall–Kier alpha value is -0.870. The Morgan fingerprint density at radius 2 is 2.13 bits per heavy atom. The molecule has 0 radical (unpaired) electrons. The van der Waals surface area contributed by atoms with Gasteiger partial charge in [-0.2, -0.15) is 5.10 Å². The lowest BCUT2D eigenvalue weighted by molar-refractivity contribution is 0.299. The number of nitrogens with two attached hydrogens (primary N) is 1. The van der Waals surface area contributed by atoms with Gasteiger partial charge in [-0.15, -0.1) is 0 Å². The third-order valence-electron chi connectivity index (χ3n) is 3.11. The Morgan fingerprint density at radius 3 is 2.53 bits per heavy atom. The van der Waals surface area contributed by atoms with Crippen LogP contribution >= 0.6 is 0 Å². The Bertz CT molecular complexity index is 293. The van der Waals surface area contributed by atoms with Gasteiger partial charge < -0.3 is 0 Å². The quantitative estimate of drug-likeness (QED) is 0.565. The Morgan fingerprint density at radius 1 is 1.47 bits per heavy atom. The molecule has 15 heavy (non-hydrogen) atoms. The highest BCUT2D eigenvalue weighted by atomic mass is 15.2. The number of hydrogen-bond acceptors (Lipinski definition) is 3. The van der Waals surface area contributed by atoms with Crippen molar-refractivity contribution in [2.75, 3.05) is 0 Å². The minimum Gasteiger partial charge on any atom is -0.276 e. The van der Waals surface area contributed by atoms with Crippen molar-refractivity contribution >= 4 is 0 Å². The fourth-order valence-electron chi connectivity index (χ4n) is 1.69. The van der Waals surface area contributed by atoms with E-state index in [1.54, 1.807) is 0 Å². The van der Waals surface area contributed by atoms with Gasteiger partial charge in [-0.25, -0.2) is 0 Å². The van der Waals surface area contributed by atoms with Crippen LogP contribution < -0.4 is 11.3 Å². The Balaban J connectivity index is 2.61. The van der Waals surface area contributed by atoms with Crippen LogP contribution in [0.5, 0.6) is 0 Å². The molecule has 0 aromatic carbocycles. The first-order chi connectivity index (χ1) is 7.04. The van der Waals surface area contributed by atoms with Gasteiger partial charge >= 0.3 is 0 Å². The summed E-state index contributed by atoms with van der Waals surface area (Å²) in [5.41, 5.74) is 4.13. The van der Waals surface area contributed by atoms with Crippen molar-refractivity contribution in [2.24, 2.45) is 24.7 Å². The van der Waals surface area contributed by atoms with Gasteiger partial charge in [-0.1, -0.05) is 20.8 Å². The van der Waals surface area contributed by atoms with Crippen LogP contribution in [0.3, 0.4) is 0 Å². The fraction of sp³-hybridized carbons (Fsp3) is 0.727. The van der Waals surface area contributed by atoms with Crippen molar-refractivity contribution in [2.45, 2.75) is 33.2 Å². The third-order valence-corrected chi connectivity index (χ3v) is 3.11. The van der Waals surface area contributed by atoms with Gasteiger partial charge in [0, 0.05) is 19.3 Å². The molecule has 0 spiro atoms. The lowest BCUT2D eigenvalue weighted by atomic mass is 9.87. The molecule has 1 aromatic rings. The summed E-state index contributed by atoms with van der Waals surface area (Å²) >= 11 is 0. The standard InChI is InChI=1S/C11H22N4/c1-8(2)9(3)11(14-12)5-10-6-13-15(4)7-10/h6-9,11,14H,5,12H2,1-4H3. The number of nitrogens with one attached hydrogen (secondary N) is 1. The number of nitrogens with zero attached hydrogens (tertiary/aromatic N) is 2. The molecule has 4 heteroatoms. The molecule has 1 aromatic heterocycles. The van der Waals surface area contributed by atoms with Crippen molar-refractivity contribution in [1.29, 1.82) is 0 Å². The first kappa shape index (κ1) is 12.2. The molecule has 2 unspecified atom stereocenters. The molecule has 0 fully saturated rings. The second-order valence-electron chi connectivity index (χ2n) is 4.60. The zero-order valence-corrected chi connectivity index (χ0v) is 10.1. The van der Waals surface area contributed by atoms with Gasteiger partial charge in [0.25, 0.3) is 0 Å². The second kappa shape index (κ2) is 5.28. The first-order valence-electron chi connectivity index (χ1n) is 5.48. The molecule has 0 aliphatic heterocycles. The van der Waals surface area contributed by atoms with Gasteiger partial charge in [0.05, 0.1) is 6.20 Å². The molecule has 0 amide bonds. The van der Waals surface area contributed by atoms with Crippen LogP contribution in [0.2, 0.25) is 0 Å². The van der Waals surface area contributed by atoms with E-state index in [2.05, 4.69) is 31.3 Å². The average molecular weight is 210 g/mol. The number of hydrogen-bond donors (Lipinski definition) is 2. The van der Waals surface area contributed by atoms with Gasteiger partial charge in [-0.05, 0) is 23.8 Å². The molecule has 0 aliphatic rings. The van der Waals surface area contributed by atoms with Gasteiger partial charge in [-0.3, -0.25) is 16.0 Å². The van der Waals surface area contributed by atoms with Crippen LogP contribution in [-0.4, -0.2) is 15.8 Å². The van der Waals surface area contributed by atoms with Crippen LogP contribution in [0.1, 0.15) is 26.3 Å². The lowest BCUT2D eigenvalue weighted by Crippen LogP contribution is -2.43. The van der Waals surface area contributed by atoms with Crippen molar-refractivity contribution in [3.05, 3.63) is 18.0 Å². The lowest BCUT2D eigenvalue weighted by Gasteiger charge is -2.25. The molecule has 0 aliphatic carbocycles. The Labute approximate surface area is 91.8 Å². The Kier molecular flexibility index (Phi) is 4.29. The average Bonchev–Trinajstić information content (AvgIpc) is 2.59. The summed E-state index contributed by atoms with van der Waals surface area (Å²) in [6.45, 7) is 6.67. The second-order valence-corrected chi connectivity index (χ2v) is 4.60. The third kappa shape index (κ3) is 3.32. The highest BCUT2D eigenvalue weighted by Crippen LogP contribution is 2.17. The van der Waals surface area contributed by atoms with E-state index in [1.165, 1.54) is 5.56 Å². The largest absolute Gasteiger partial charge is 0.276 e. The molecule has 0 bridgehead atoms. The van der Waals surface area contributed by atoms with Crippen LogP contribution in [-0.2, 0) is 13.5 Å². The molecule has 3 N–H and O–H groups in total. The summed E-state index contributed by atoms with van der Waals surface area (Å²) in [6.07, 6.45) is 4.87. The zero-order chi connectivity index (χ0) is 11.4. The van der Waals surface area contributed by atoms with Crippen molar-refractivity contribution in [3.63, 3.8) is 0 Å². The van der Waals surface area contributed by atoms with E-state index in [4.69, 9.17) is 5.84 Å². The van der Waals surface area contributed by atoms with Gasteiger partial charge in [0.1, 0.15) is 0 Å². The summed E-state index contributed by atoms with van der Waals surface area (Å²) in [5.74, 6) is 6.77. The van der Waals surface area contributed by atoms with Crippen molar-refractivity contribution < 1.29 is 0 Å². The van der Waals surface area contributed by atoms with E-state index >= 15 is 0 Å². The summed E-state index contributed by atoms with van der Waals surface area (Å²) in [6, 6.07) is 0.314. The minimum absolute atomic E-state index is 0.314. The van der Waals surface area contributed by atoms with Gasteiger partial charge in [0.2, 0.25) is 0 Å². The summed E-state index contributed by atoms with van der Waals surface area (Å²) in [5, 5.41) is 4.16. The van der Waals surface area contributed by atoms with Gasteiger partial charge in [0.15, 0.2) is 0 Å². The van der Waals surface area contributed by atoms with E-state index in [0.717, 1.165) is 6.42 Å². The summed E-state index contributed by atoms with van der Waals surface area (Å²) in [7, 11) is 1.93. The van der Waals surface area contributed by atoms with Crippen LogP contribution in [0, 0.1) is 11.8 Å². The minimum atomic E-state index is 0.314. The first-order valence-corrected chi connectivity index (χ1v) is 5.48. The monoisotopic (exact) mass is 210 g/mol. The molecular formula is C11H22N4. The SMILES string of the molecule is CC(C)C(C)C(Cc1cnn(C)c1)NN. The molecule has 1 rings (SSSR count). The fourth-order valence-corrected chi connectivity index (χ4v) is 1.69. The predicted octanol–water partition coefficient (Wildman–Crippen LogP) is 1.09. The van der Waals surface area contributed by atoms with Crippen molar-refractivity contribution in [3.8, 4) is 0 Å². The highest BCUT2D eigenvalue weighted by molar-refractivity contribution is 5.06. The van der Waals surface area contributed by atoms with Crippen LogP contribution in [0.15, 0.2) is 12.4 Å². The maximum absolute atomic E-state index is 5.59.